The number of ether oxygens (including phenoxy) is 2. The Bertz CT molecular complexity index is 849. The predicted octanol–water partition coefficient (Wildman–Crippen LogP) is 3.10. The highest BCUT2D eigenvalue weighted by Gasteiger charge is 2.22. The van der Waals surface area contributed by atoms with Gasteiger partial charge in [-0.15, -0.1) is 0 Å². The Kier molecular flexibility index (Phi) is 5.90. The summed E-state index contributed by atoms with van der Waals surface area (Å²) >= 11 is 0. The Balaban J connectivity index is 2.08. The standard InChI is InChI=1S/C18H18N2O6/c1-11-8-9-13(10-15(11)20(23)24)18(22)26-12(2)17(21)19-14-6-4-5-7-16(14)25-3/h4-10,12H,1-3H3,(H,19,21)/t12-/m1/s1. The van der Waals surface area contributed by atoms with E-state index < -0.39 is 22.9 Å². The second-order valence-corrected chi connectivity index (χ2v) is 5.50. The molecule has 0 saturated heterocycles. The zero-order valence-corrected chi connectivity index (χ0v) is 14.5. The number of para-hydroxylation sites is 2. The first-order valence-corrected chi connectivity index (χ1v) is 7.73. The van der Waals surface area contributed by atoms with Crippen molar-refractivity contribution in [1.82, 2.24) is 0 Å². The maximum atomic E-state index is 12.2. The van der Waals surface area contributed by atoms with Crippen LogP contribution < -0.4 is 10.1 Å². The summed E-state index contributed by atoms with van der Waals surface area (Å²) in [5.74, 6) is -0.909. The molecule has 0 aliphatic rings. The van der Waals surface area contributed by atoms with Gasteiger partial charge in [0.05, 0.1) is 23.3 Å². The summed E-state index contributed by atoms with van der Waals surface area (Å²) in [5, 5.41) is 13.6. The summed E-state index contributed by atoms with van der Waals surface area (Å²) in [7, 11) is 1.47. The lowest BCUT2D eigenvalue weighted by molar-refractivity contribution is -0.385. The molecule has 0 spiro atoms. The lowest BCUT2D eigenvalue weighted by atomic mass is 10.1. The van der Waals surface area contributed by atoms with Crippen molar-refractivity contribution in [3.05, 3.63) is 63.7 Å². The van der Waals surface area contributed by atoms with Gasteiger partial charge in [0.1, 0.15) is 5.75 Å². The van der Waals surface area contributed by atoms with Crippen molar-refractivity contribution in [3.8, 4) is 5.75 Å². The van der Waals surface area contributed by atoms with Crippen LogP contribution in [0.2, 0.25) is 0 Å². The number of nitro benzene ring substituents is 1. The fraction of sp³-hybridized carbons (Fsp3) is 0.222. The number of nitrogens with one attached hydrogen (secondary N) is 1. The SMILES string of the molecule is COc1ccccc1NC(=O)[C@@H](C)OC(=O)c1ccc(C)c([N+](=O)[O-])c1. The minimum atomic E-state index is -1.10. The van der Waals surface area contributed by atoms with Gasteiger partial charge in [-0.1, -0.05) is 18.2 Å². The smallest absolute Gasteiger partial charge is 0.339 e. The average Bonchev–Trinajstić information content (AvgIpc) is 2.62. The Labute approximate surface area is 149 Å². The fourth-order valence-electron chi connectivity index (χ4n) is 2.20. The number of aryl methyl sites for hydroxylation is 1. The number of rotatable bonds is 6. The molecule has 136 valence electrons. The van der Waals surface area contributed by atoms with Crippen LogP contribution >= 0.6 is 0 Å². The van der Waals surface area contributed by atoms with E-state index in [0.717, 1.165) is 6.07 Å². The van der Waals surface area contributed by atoms with Crippen LogP contribution in [0.15, 0.2) is 42.5 Å². The number of nitro groups is 1. The van der Waals surface area contributed by atoms with E-state index >= 15 is 0 Å². The molecule has 2 aromatic carbocycles. The van der Waals surface area contributed by atoms with E-state index in [-0.39, 0.29) is 11.3 Å². The van der Waals surface area contributed by atoms with E-state index in [4.69, 9.17) is 9.47 Å². The van der Waals surface area contributed by atoms with E-state index in [2.05, 4.69) is 5.32 Å². The molecule has 1 amide bonds. The number of nitrogens with zero attached hydrogens (tertiary/aromatic N) is 1. The topological polar surface area (TPSA) is 108 Å². The van der Waals surface area contributed by atoms with Crippen LogP contribution in [0, 0.1) is 17.0 Å². The summed E-state index contributed by atoms with van der Waals surface area (Å²) in [5.41, 5.74) is 0.673. The lowest BCUT2D eigenvalue weighted by Crippen LogP contribution is -2.30. The van der Waals surface area contributed by atoms with Crippen LogP contribution in [-0.4, -0.2) is 30.0 Å². The second-order valence-electron chi connectivity index (χ2n) is 5.50. The van der Waals surface area contributed by atoms with Crippen LogP contribution in [0.25, 0.3) is 0 Å². The Morgan fingerprint density at radius 2 is 1.88 bits per heavy atom. The fourth-order valence-corrected chi connectivity index (χ4v) is 2.20. The highest BCUT2D eigenvalue weighted by Crippen LogP contribution is 2.24. The molecule has 1 N–H and O–H groups in total. The molecule has 0 aliphatic carbocycles. The third-order valence-electron chi connectivity index (χ3n) is 3.66. The summed E-state index contributed by atoms with van der Waals surface area (Å²) in [4.78, 5) is 34.8. The molecule has 0 aliphatic heterocycles. The number of carbonyl (C=O) groups excluding carboxylic acids is 2. The van der Waals surface area contributed by atoms with Gasteiger partial charge < -0.3 is 14.8 Å². The van der Waals surface area contributed by atoms with E-state index in [1.54, 1.807) is 31.2 Å². The summed E-state index contributed by atoms with van der Waals surface area (Å²) in [6.45, 7) is 2.97. The van der Waals surface area contributed by atoms with Gasteiger partial charge in [0.2, 0.25) is 0 Å². The first-order chi connectivity index (χ1) is 12.3. The van der Waals surface area contributed by atoms with Crippen LogP contribution in [0.4, 0.5) is 11.4 Å². The van der Waals surface area contributed by atoms with E-state index in [9.17, 15) is 19.7 Å². The summed E-state index contributed by atoms with van der Waals surface area (Å²) in [6.07, 6.45) is -1.10. The van der Waals surface area contributed by atoms with Crippen molar-refractivity contribution in [1.29, 1.82) is 0 Å². The van der Waals surface area contributed by atoms with Gasteiger partial charge in [0, 0.05) is 11.6 Å². The maximum absolute atomic E-state index is 12.2. The zero-order chi connectivity index (χ0) is 19.3. The number of anilines is 1. The van der Waals surface area contributed by atoms with E-state index in [1.807, 2.05) is 0 Å². The number of hydrogen-bond donors (Lipinski definition) is 1. The number of methoxy groups -OCH3 is 1. The predicted molar refractivity (Wildman–Crippen MR) is 94.3 cm³/mol. The Hall–Kier alpha value is -3.42. The molecule has 8 nitrogen and oxygen atoms in total. The van der Waals surface area contributed by atoms with Gasteiger partial charge in [-0.05, 0) is 32.0 Å². The monoisotopic (exact) mass is 358 g/mol. The first kappa shape index (κ1) is 18.9. The van der Waals surface area contributed by atoms with Crippen molar-refractivity contribution in [2.24, 2.45) is 0 Å². The normalized spacial score (nSPS) is 11.3. The van der Waals surface area contributed by atoms with Crippen molar-refractivity contribution in [2.45, 2.75) is 20.0 Å². The Morgan fingerprint density at radius 1 is 1.19 bits per heavy atom. The van der Waals surface area contributed by atoms with Crippen LogP contribution in [0.3, 0.4) is 0 Å². The highest BCUT2D eigenvalue weighted by atomic mass is 16.6. The van der Waals surface area contributed by atoms with Crippen molar-refractivity contribution < 1.29 is 24.0 Å². The molecule has 0 aromatic heterocycles. The van der Waals surface area contributed by atoms with Gasteiger partial charge in [0.15, 0.2) is 6.10 Å². The van der Waals surface area contributed by atoms with Gasteiger partial charge in [-0.2, -0.15) is 0 Å². The van der Waals surface area contributed by atoms with Gasteiger partial charge in [0.25, 0.3) is 11.6 Å². The molecule has 2 rings (SSSR count). The van der Waals surface area contributed by atoms with Gasteiger partial charge in [-0.25, -0.2) is 4.79 Å². The number of benzene rings is 2. The van der Waals surface area contributed by atoms with Crippen LogP contribution in [0.1, 0.15) is 22.8 Å². The highest BCUT2D eigenvalue weighted by molar-refractivity contribution is 5.98. The zero-order valence-electron chi connectivity index (χ0n) is 14.5. The number of amides is 1. The molecule has 0 heterocycles. The molecule has 0 bridgehead atoms. The van der Waals surface area contributed by atoms with E-state index in [0.29, 0.717) is 17.0 Å². The second kappa shape index (κ2) is 8.11. The van der Waals surface area contributed by atoms with Gasteiger partial charge in [-0.3, -0.25) is 14.9 Å². The summed E-state index contributed by atoms with van der Waals surface area (Å²) < 4.78 is 10.2. The molecule has 26 heavy (non-hydrogen) atoms. The van der Waals surface area contributed by atoms with Crippen molar-refractivity contribution in [2.75, 3.05) is 12.4 Å². The van der Waals surface area contributed by atoms with Gasteiger partial charge >= 0.3 is 5.97 Å². The average molecular weight is 358 g/mol. The van der Waals surface area contributed by atoms with Crippen LogP contribution in [0.5, 0.6) is 5.75 Å². The lowest BCUT2D eigenvalue weighted by Gasteiger charge is -2.15. The third-order valence-corrected chi connectivity index (χ3v) is 3.66. The number of esters is 1. The molecular weight excluding hydrogens is 340 g/mol. The number of hydrogen-bond acceptors (Lipinski definition) is 6. The quantitative estimate of drug-likeness (QED) is 0.483. The summed E-state index contributed by atoms with van der Waals surface area (Å²) in [6, 6.07) is 10.8. The maximum Gasteiger partial charge on any atom is 0.339 e. The molecule has 0 radical (unpaired) electrons. The minimum Gasteiger partial charge on any atom is -0.495 e. The molecule has 0 unspecified atom stereocenters. The minimum absolute atomic E-state index is 0.000702. The van der Waals surface area contributed by atoms with Crippen molar-refractivity contribution in [3.63, 3.8) is 0 Å². The molecule has 8 heteroatoms. The largest absolute Gasteiger partial charge is 0.495 e. The molecule has 0 saturated carbocycles. The van der Waals surface area contributed by atoms with E-state index in [1.165, 1.54) is 26.2 Å². The molecule has 1 atom stereocenters. The molecule has 0 fully saturated rings. The third kappa shape index (κ3) is 4.35. The van der Waals surface area contributed by atoms with Crippen LogP contribution in [-0.2, 0) is 9.53 Å². The van der Waals surface area contributed by atoms with Crippen molar-refractivity contribution >= 4 is 23.3 Å². The molecule has 2 aromatic rings. The molecular formula is C18H18N2O6. The number of carbonyl (C=O) groups is 2. The Morgan fingerprint density at radius 3 is 2.54 bits per heavy atom. The first-order valence-electron chi connectivity index (χ1n) is 7.73.